The van der Waals surface area contributed by atoms with Crippen molar-refractivity contribution in [3.8, 4) is 6.07 Å². The van der Waals surface area contributed by atoms with Crippen molar-refractivity contribution in [2.75, 3.05) is 4.90 Å². The van der Waals surface area contributed by atoms with Gasteiger partial charge in [0, 0.05) is 15.7 Å². The Kier molecular flexibility index (Phi) is 5.94. The molecule has 0 aliphatic carbocycles. The van der Waals surface area contributed by atoms with E-state index >= 15 is 0 Å². The van der Waals surface area contributed by atoms with Gasteiger partial charge in [-0.2, -0.15) is 5.26 Å². The molecule has 0 unspecified atom stereocenters. The molecule has 2 N–H and O–H groups in total. The van der Waals surface area contributed by atoms with Gasteiger partial charge in [-0.1, -0.05) is 41.0 Å². The predicted molar refractivity (Wildman–Crippen MR) is 107 cm³/mol. The number of anilines is 1. The maximum atomic E-state index is 13.3. The quantitative estimate of drug-likeness (QED) is 0.579. The third-order valence-electron chi connectivity index (χ3n) is 4.03. The number of carbonyl (C=O) groups is 2. The summed E-state index contributed by atoms with van der Waals surface area (Å²) in [5, 5.41) is 9.68. The van der Waals surface area contributed by atoms with Crippen LogP contribution in [0.25, 0.3) is 0 Å². The fourth-order valence-corrected chi connectivity index (χ4v) is 4.50. The molecule has 2 aromatic carbocycles. The molecule has 2 amide bonds. The molecule has 9 heteroatoms. The van der Waals surface area contributed by atoms with Crippen molar-refractivity contribution in [1.82, 2.24) is 0 Å². The van der Waals surface area contributed by atoms with Crippen molar-refractivity contribution in [3.63, 3.8) is 0 Å². The molecule has 0 bridgehead atoms. The molecule has 5 nitrogen and oxygen atoms in total. The minimum atomic E-state index is -0.949. The number of rotatable bonds is 4. The van der Waals surface area contributed by atoms with Gasteiger partial charge in [-0.05, 0) is 48.4 Å². The summed E-state index contributed by atoms with van der Waals surface area (Å²) in [6.07, 6.45) is 0.248. The van der Waals surface area contributed by atoms with Gasteiger partial charge in [-0.25, -0.2) is 4.39 Å². The summed E-state index contributed by atoms with van der Waals surface area (Å²) in [7, 11) is 0. The lowest BCUT2D eigenvalue weighted by Gasteiger charge is -2.18. The van der Waals surface area contributed by atoms with Crippen molar-refractivity contribution >= 4 is 52.5 Å². The van der Waals surface area contributed by atoms with E-state index in [1.807, 2.05) is 0 Å². The third-order valence-corrected chi connectivity index (χ3v) is 5.88. The second kappa shape index (κ2) is 8.23. The fraction of sp³-hybridized carbons (Fsp3) is 0.105. The van der Waals surface area contributed by atoms with Crippen LogP contribution in [0.4, 0.5) is 10.1 Å². The van der Waals surface area contributed by atoms with E-state index in [1.54, 1.807) is 24.3 Å². The largest absolute Gasteiger partial charge is 0.365 e. The molecule has 1 saturated heterocycles. The number of amides is 2. The van der Waals surface area contributed by atoms with E-state index in [4.69, 9.17) is 28.9 Å². The average molecular weight is 436 g/mol. The Balaban J connectivity index is 2.04. The van der Waals surface area contributed by atoms with E-state index in [2.05, 4.69) is 0 Å². The number of hydrogen-bond donors (Lipinski definition) is 1. The highest BCUT2D eigenvalue weighted by atomic mass is 35.5. The molecule has 1 aliphatic heterocycles. The molecule has 0 spiro atoms. The highest BCUT2D eigenvalue weighted by Gasteiger charge is 2.40. The molecule has 3 rings (SSSR count). The van der Waals surface area contributed by atoms with E-state index < -0.39 is 17.0 Å². The van der Waals surface area contributed by atoms with Gasteiger partial charge in [0.05, 0.1) is 5.25 Å². The number of thioether (sulfide) groups is 1. The zero-order chi connectivity index (χ0) is 20.4. The Morgan fingerprint density at radius 2 is 1.93 bits per heavy atom. The van der Waals surface area contributed by atoms with Crippen molar-refractivity contribution in [1.29, 1.82) is 5.26 Å². The number of nitrogens with two attached hydrogens (primary N) is 1. The number of carbonyl (C=O) groups excluding carboxylic acids is 2. The first-order valence-electron chi connectivity index (χ1n) is 7.96. The average Bonchev–Trinajstić information content (AvgIpc) is 2.95. The van der Waals surface area contributed by atoms with Gasteiger partial charge in [0.25, 0.3) is 5.91 Å². The monoisotopic (exact) mass is 435 g/mol. The highest BCUT2D eigenvalue weighted by Crippen LogP contribution is 2.42. The summed E-state index contributed by atoms with van der Waals surface area (Å²) in [6, 6.07) is 11.8. The van der Waals surface area contributed by atoms with Crippen LogP contribution in [0.5, 0.6) is 0 Å². The van der Waals surface area contributed by atoms with E-state index in [0.717, 1.165) is 11.8 Å². The second-order valence-electron chi connectivity index (χ2n) is 5.85. The van der Waals surface area contributed by atoms with Crippen LogP contribution in [0.2, 0.25) is 10.0 Å². The standard InChI is InChI=1S/C19H12Cl2FN3O2S/c20-11-2-1-10(15(21)8-11)7-16-18(27)25(13-5-3-12(22)4-6-13)19(28-16)14(9-23)17(24)26/h1-6,8,16H,7H2,(H2,24,26)/b19-14-/t16-/m1/s1. The maximum absolute atomic E-state index is 13.3. The number of hydrogen-bond acceptors (Lipinski definition) is 4. The predicted octanol–water partition coefficient (Wildman–Crippen LogP) is 4.04. The highest BCUT2D eigenvalue weighted by molar-refractivity contribution is 8.05. The summed E-state index contributed by atoms with van der Waals surface area (Å²) >= 11 is 13.2. The van der Waals surface area contributed by atoms with E-state index in [9.17, 15) is 19.2 Å². The normalized spacial score (nSPS) is 18.1. The molecule has 28 heavy (non-hydrogen) atoms. The SMILES string of the molecule is N#C/C(C(N)=O)=C1/S[C@H](Cc2ccc(Cl)cc2Cl)C(=O)N1c1ccc(F)cc1. The lowest BCUT2D eigenvalue weighted by molar-refractivity contribution is -0.117. The first-order valence-corrected chi connectivity index (χ1v) is 9.59. The minimum absolute atomic E-state index is 0.113. The van der Waals surface area contributed by atoms with Crippen LogP contribution in [-0.2, 0) is 16.0 Å². The van der Waals surface area contributed by atoms with Gasteiger partial charge in [0.15, 0.2) is 0 Å². The summed E-state index contributed by atoms with van der Waals surface area (Å²) in [6.45, 7) is 0. The lowest BCUT2D eigenvalue weighted by Crippen LogP contribution is -2.31. The van der Waals surface area contributed by atoms with Crippen LogP contribution >= 0.6 is 35.0 Å². The van der Waals surface area contributed by atoms with Crippen molar-refractivity contribution in [2.24, 2.45) is 5.73 Å². The smallest absolute Gasteiger partial charge is 0.262 e. The third kappa shape index (κ3) is 3.99. The molecule has 0 aromatic heterocycles. The molecule has 1 heterocycles. The first kappa shape index (κ1) is 20.2. The van der Waals surface area contributed by atoms with Gasteiger partial charge in [-0.15, -0.1) is 0 Å². The number of halogens is 3. The van der Waals surface area contributed by atoms with Crippen LogP contribution in [0.15, 0.2) is 53.1 Å². The molecule has 0 radical (unpaired) electrons. The Bertz CT molecular complexity index is 1030. The Morgan fingerprint density at radius 1 is 1.25 bits per heavy atom. The Morgan fingerprint density at radius 3 is 2.50 bits per heavy atom. The van der Waals surface area contributed by atoms with Crippen LogP contribution < -0.4 is 10.6 Å². The van der Waals surface area contributed by atoms with Crippen LogP contribution in [-0.4, -0.2) is 17.1 Å². The summed E-state index contributed by atoms with van der Waals surface area (Å²) < 4.78 is 13.3. The number of benzene rings is 2. The van der Waals surface area contributed by atoms with Crippen molar-refractivity contribution in [2.45, 2.75) is 11.7 Å². The van der Waals surface area contributed by atoms with Crippen LogP contribution in [0, 0.1) is 17.1 Å². The van der Waals surface area contributed by atoms with Gasteiger partial charge in [0.2, 0.25) is 5.91 Å². The molecule has 1 atom stereocenters. The Labute approximate surface area is 174 Å². The van der Waals surface area contributed by atoms with E-state index in [0.29, 0.717) is 21.3 Å². The Hall–Kier alpha value is -2.53. The second-order valence-corrected chi connectivity index (χ2v) is 7.89. The van der Waals surface area contributed by atoms with E-state index in [-0.39, 0.29) is 22.9 Å². The summed E-state index contributed by atoms with van der Waals surface area (Å²) in [5.74, 6) is -1.80. The fourth-order valence-electron chi connectivity index (χ4n) is 2.71. The molecule has 1 fully saturated rings. The van der Waals surface area contributed by atoms with Gasteiger partial charge >= 0.3 is 0 Å². The minimum Gasteiger partial charge on any atom is -0.365 e. The van der Waals surface area contributed by atoms with E-state index in [1.165, 1.54) is 29.2 Å². The molecule has 2 aromatic rings. The summed E-state index contributed by atoms with van der Waals surface area (Å²) in [5.41, 5.74) is 5.99. The number of nitrogens with zero attached hydrogens (tertiary/aromatic N) is 2. The van der Waals surface area contributed by atoms with Crippen LogP contribution in [0.1, 0.15) is 5.56 Å². The van der Waals surface area contributed by atoms with Crippen LogP contribution in [0.3, 0.4) is 0 Å². The van der Waals surface area contributed by atoms with Gasteiger partial charge < -0.3 is 5.73 Å². The molecule has 142 valence electrons. The molecule has 0 saturated carbocycles. The topological polar surface area (TPSA) is 87.2 Å². The number of nitriles is 1. The lowest BCUT2D eigenvalue weighted by atomic mass is 10.1. The molecular formula is C19H12Cl2FN3O2S. The van der Waals surface area contributed by atoms with Crippen molar-refractivity contribution in [3.05, 3.63) is 74.5 Å². The number of primary amides is 1. The maximum Gasteiger partial charge on any atom is 0.262 e. The zero-order valence-corrected chi connectivity index (χ0v) is 16.5. The van der Waals surface area contributed by atoms with Gasteiger partial charge in [0.1, 0.15) is 22.5 Å². The zero-order valence-electron chi connectivity index (χ0n) is 14.2. The molecular weight excluding hydrogens is 424 g/mol. The van der Waals surface area contributed by atoms with Gasteiger partial charge in [-0.3, -0.25) is 14.5 Å². The first-order chi connectivity index (χ1) is 13.3. The molecule has 1 aliphatic rings. The summed E-state index contributed by atoms with van der Waals surface area (Å²) in [4.78, 5) is 26.0. The van der Waals surface area contributed by atoms with Crippen molar-refractivity contribution < 1.29 is 14.0 Å².